The zero-order valence-electron chi connectivity index (χ0n) is 23.7. The summed E-state index contributed by atoms with van der Waals surface area (Å²) in [6.45, 7) is 13.7. The highest BCUT2D eigenvalue weighted by Gasteiger charge is 2.39. The number of rotatable bonds is 4. The fourth-order valence-electron chi connectivity index (χ4n) is 5.13. The lowest BCUT2D eigenvalue weighted by Gasteiger charge is -2.44. The standard InChI is InChI=1S/C28H38N6O5/c1-17-18(2)34(19(3)35)23-9-8-21(32-10-12-33(13-11-32)27(37)39-28(4,5)6)14-22(23)24(17)31-26-29-15-20(16-30-26)25(36)38-7/h8-9,14-18,24H,10-13H2,1-7H3,(H,29,30,31)/t17-,18-,24+/m0/s1. The van der Waals surface area contributed by atoms with E-state index < -0.39 is 11.6 Å². The Morgan fingerprint density at radius 3 is 2.23 bits per heavy atom. The molecule has 11 heteroatoms. The summed E-state index contributed by atoms with van der Waals surface area (Å²) < 4.78 is 10.3. The molecule has 39 heavy (non-hydrogen) atoms. The number of aromatic nitrogens is 2. The first-order chi connectivity index (χ1) is 18.4. The number of hydrogen-bond acceptors (Lipinski definition) is 9. The summed E-state index contributed by atoms with van der Waals surface area (Å²) in [4.78, 5) is 51.4. The number of ether oxygens (including phenoxy) is 2. The molecule has 2 aliphatic rings. The molecule has 210 valence electrons. The summed E-state index contributed by atoms with van der Waals surface area (Å²) in [7, 11) is 1.31. The summed E-state index contributed by atoms with van der Waals surface area (Å²) in [5.74, 6) is -0.110. The number of piperazine rings is 1. The molecule has 4 rings (SSSR count). The van der Waals surface area contributed by atoms with Gasteiger partial charge in [0.15, 0.2) is 0 Å². The number of nitrogens with zero attached hydrogens (tertiary/aromatic N) is 5. The zero-order chi connectivity index (χ0) is 28.5. The molecule has 1 fully saturated rings. The lowest BCUT2D eigenvalue weighted by Crippen LogP contribution is -2.50. The number of carbonyl (C=O) groups is 3. The van der Waals surface area contributed by atoms with Crippen LogP contribution in [0.3, 0.4) is 0 Å². The third-order valence-electron chi connectivity index (χ3n) is 7.29. The summed E-state index contributed by atoms with van der Waals surface area (Å²) in [6.07, 6.45) is 2.57. The highest BCUT2D eigenvalue weighted by Crippen LogP contribution is 2.43. The van der Waals surface area contributed by atoms with Gasteiger partial charge in [-0.05, 0) is 45.9 Å². The van der Waals surface area contributed by atoms with Crippen molar-refractivity contribution in [2.75, 3.05) is 48.4 Å². The van der Waals surface area contributed by atoms with E-state index in [1.807, 2.05) is 44.7 Å². The summed E-state index contributed by atoms with van der Waals surface area (Å²) in [5, 5.41) is 3.43. The van der Waals surface area contributed by atoms with E-state index in [2.05, 4.69) is 33.2 Å². The maximum Gasteiger partial charge on any atom is 0.410 e. The van der Waals surface area contributed by atoms with Crippen molar-refractivity contribution < 1.29 is 23.9 Å². The first kappa shape index (κ1) is 28.1. The minimum Gasteiger partial charge on any atom is -0.465 e. The second-order valence-electron chi connectivity index (χ2n) is 11.1. The van der Waals surface area contributed by atoms with Gasteiger partial charge in [0, 0.05) is 74.4 Å². The number of methoxy groups -OCH3 is 1. The van der Waals surface area contributed by atoms with Crippen molar-refractivity contribution in [1.29, 1.82) is 0 Å². The second-order valence-corrected chi connectivity index (χ2v) is 11.1. The molecule has 3 atom stereocenters. The van der Waals surface area contributed by atoms with E-state index in [9.17, 15) is 14.4 Å². The van der Waals surface area contributed by atoms with Crippen LogP contribution in [-0.2, 0) is 14.3 Å². The molecular formula is C28H38N6O5. The topological polar surface area (TPSA) is 117 Å². The first-order valence-corrected chi connectivity index (χ1v) is 13.2. The summed E-state index contributed by atoms with van der Waals surface area (Å²) >= 11 is 0. The van der Waals surface area contributed by atoms with Crippen LogP contribution in [0.15, 0.2) is 30.6 Å². The van der Waals surface area contributed by atoms with Gasteiger partial charge in [0.2, 0.25) is 11.9 Å². The quantitative estimate of drug-likeness (QED) is 0.579. The second kappa shape index (κ2) is 11.1. The predicted molar refractivity (Wildman–Crippen MR) is 148 cm³/mol. The van der Waals surface area contributed by atoms with E-state index in [0.717, 1.165) is 16.9 Å². The Kier molecular flexibility index (Phi) is 7.99. The third kappa shape index (κ3) is 6.07. The highest BCUT2D eigenvalue weighted by molar-refractivity contribution is 5.94. The fourth-order valence-corrected chi connectivity index (χ4v) is 5.13. The summed E-state index contributed by atoms with van der Waals surface area (Å²) in [5.41, 5.74) is 2.55. The van der Waals surface area contributed by atoms with Gasteiger partial charge in [-0.3, -0.25) is 4.79 Å². The van der Waals surface area contributed by atoms with Gasteiger partial charge in [-0.15, -0.1) is 0 Å². The molecular weight excluding hydrogens is 500 g/mol. The van der Waals surface area contributed by atoms with Gasteiger partial charge in [0.05, 0.1) is 18.7 Å². The normalized spacial score (nSPS) is 21.2. The Balaban J connectivity index is 1.59. The monoisotopic (exact) mass is 538 g/mol. The van der Waals surface area contributed by atoms with Crippen molar-refractivity contribution in [1.82, 2.24) is 14.9 Å². The molecule has 0 unspecified atom stereocenters. The van der Waals surface area contributed by atoms with Crippen LogP contribution in [0.25, 0.3) is 0 Å². The molecule has 2 amide bonds. The van der Waals surface area contributed by atoms with Gasteiger partial charge < -0.3 is 29.5 Å². The number of anilines is 3. The van der Waals surface area contributed by atoms with E-state index in [0.29, 0.717) is 32.1 Å². The number of amides is 2. The van der Waals surface area contributed by atoms with E-state index in [1.54, 1.807) is 11.8 Å². The molecule has 0 saturated carbocycles. The van der Waals surface area contributed by atoms with Gasteiger partial charge in [-0.25, -0.2) is 19.6 Å². The number of carbonyl (C=O) groups excluding carboxylic acids is 3. The molecule has 1 aromatic carbocycles. The van der Waals surface area contributed by atoms with Gasteiger partial charge in [-0.1, -0.05) is 6.92 Å². The van der Waals surface area contributed by atoms with Crippen molar-refractivity contribution in [3.63, 3.8) is 0 Å². The number of nitrogens with one attached hydrogen (secondary N) is 1. The maximum atomic E-state index is 12.7. The Labute approximate surface area is 229 Å². The molecule has 2 aliphatic heterocycles. The Hall–Kier alpha value is -3.89. The van der Waals surface area contributed by atoms with Gasteiger partial charge in [0.1, 0.15) is 5.60 Å². The van der Waals surface area contributed by atoms with Crippen LogP contribution in [0.2, 0.25) is 0 Å². The lowest BCUT2D eigenvalue weighted by molar-refractivity contribution is -0.117. The molecule has 1 N–H and O–H groups in total. The molecule has 0 spiro atoms. The minimum absolute atomic E-state index is 0.0218. The van der Waals surface area contributed by atoms with E-state index in [4.69, 9.17) is 9.47 Å². The summed E-state index contributed by atoms with van der Waals surface area (Å²) in [6, 6.07) is 5.88. The van der Waals surface area contributed by atoms with E-state index in [-0.39, 0.29) is 35.6 Å². The van der Waals surface area contributed by atoms with Crippen molar-refractivity contribution in [3.05, 3.63) is 41.7 Å². The van der Waals surface area contributed by atoms with Crippen molar-refractivity contribution in [2.24, 2.45) is 5.92 Å². The van der Waals surface area contributed by atoms with Crippen LogP contribution in [0.4, 0.5) is 22.1 Å². The average molecular weight is 539 g/mol. The van der Waals surface area contributed by atoms with Crippen LogP contribution in [0.5, 0.6) is 0 Å². The van der Waals surface area contributed by atoms with Gasteiger partial charge >= 0.3 is 12.1 Å². The lowest BCUT2D eigenvalue weighted by atomic mass is 9.82. The first-order valence-electron chi connectivity index (χ1n) is 13.2. The van der Waals surface area contributed by atoms with Crippen molar-refractivity contribution in [3.8, 4) is 0 Å². The maximum absolute atomic E-state index is 12.7. The fraction of sp³-hybridized carbons (Fsp3) is 0.536. The zero-order valence-corrected chi connectivity index (χ0v) is 23.7. The average Bonchev–Trinajstić information content (AvgIpc) is 2.90. The SMILES string of the molecule is COC(=O)c1cnc(N[C@H]2c3cc(N4CCN(C(=O)OC(C)(C)C)CC4)ccc3N(C(C)=O)[C@@H](C)[C@@H]2C)nc1. The van der Waals surface area contributed by atoms with Crippen LogP contribution < -0.4 is 15.1 Å². The van der Waals surface area contributed by atoms with Crippen LogP contribution >= 0.6 is 0 Å². The third-order valence-corrected chi connectivity index (χ3v) is 7.29. The van der Waals surface area contributed by atoms with Crippen LogP contribution in [-0.4, -0.2) is 77.8 Å². The van der Waals surface area contributed by atoms with Crippen molar-refractivity contribution >= 4 is 35.3 Å². The van der Waals surface area contributed by atoms with E-state index in [1.165, 1.54) is 19.5 Å². The smallest absolute Gasteiger partial charge is 0.410 e. The molecule has 0 aliphatic carbocycles. The predicted octanol–water partition coefficient (Wildman–Crippen LogP) is 3.86. The van der Waals surface area contributed by atoms with E-state index >= 15 is 0 Å². The molecule has 0 radical (unpaired) electrons. The Morgan fingerprint density at radius 2 is 1.67 bits per heavy atom. The Morgan fingerprint density at radius 1 is 1.03 bits per heavy atom. The molecule has 11 nitrogen and oxygen atoms in total. The minimum atomic E-state index is -0.533. The van der Waals surface area contributed by atoms with Crippen LogP contribution in [0.1, 0.15) is 63.5 Å². The highest BCUT2D eigenvalue weighted by atomic mass is 16.6. The number of hydrogen-bond donors (Lipinski definition) is 1. The van der Waals surface area contributed by atoms with Gasteiger partial charge in [0.25, 0.3) is 0 Å². The number of fused-ring (bicyclic) bond motifs is 1. The number of benzene rings is 1. The number of esters is 1. The molecule has 1 saturated heterocycles. The molecule has 0 bridgehead atoms. The molecule has 3 heterocycles. The Bertz CT molecular complexity index is 1220. The largest absolute Gasteiger partial charge is 0.465 e. The molecule has 2 aromatic rings. The van der Waals surface area contributed by atoms with Crippen LogP contribution in [0, 0.1) is 5.92 Å². The van der Waals surface area contributed by atoms with Gasteiger partial charge in [-0.2, -0.15) is 0 Å². The van der Waals surface area contributed by atoms with Crippen molar-refractivity contribution in [2.45, 2.75) is 59.2 Å². The molecule has 1 aromatic heterocycles.